The van der Waals surface area contributed by atoms with E-state index in [1.54, 1.807) is 4.98 Å². The standard InChI is InChI=1S/C22H19Cl2F2N5O7S/c23-11-5-10(31-20(34)28-19(33)16(29-31)18(25)26)6-12(24)17(11)38-15-7-14(13(32)8-27-15)39(36,37)30-21-1-3-22(35,9-21)4-2-21/h5-8,18,30,32,35H,1-4,9H2,(H,28,33,34). The fourth-order valence-electron chi connectivity index (χ4n) is 4.94. The van der Waals surface area contributed by atoms with Gasteiger partial charge in [0.25, 0.3) is 12.0 Å². The molecule has 0 atom stereocenters. The van der Waals surface area contributed by atoms with Crippen molar-refractivity contribution < 1.29 is 32.1 Å². The summed E-state index contributed by atoms with van der Waals surface area (Å²) < 4.78 is 61.1. The van der Waals surface area contributed by atoms with Gasteiger partial charge in [0, 0.05) is 11.6 Å². The zero-order chi connectivity index (χ0) is 28.3. The number of halogens is 4. The molecule has 0 unspecified atom stereocenters. The number of aliphatic hydroxyl groups is 1. The van der Waals surface area contributed by atoms with Crippen LogP contribution < -0.4 is 20.7 Å². The summed E-state index contributed by atoms with van der Waals surface area (Å²) in [5.41, 5.74) is -5.59. The molecule has 0 radical (unpaired) electrons. The van der Waals surface area contributed by atoms with Crippen molar-refractivity contribution >= 4 is 33.2 Å². The van der Waals surface area contributed by atoms with E-state index in [-0.39, 0.29) is 33.8 Å². The lowest BCUT2D eigenvalue weighted by Crippen LogP contribution is -2.44. The lowest BCUT2D eigenvalue weighted by Gasteiger charge is -2.27. The summed E-state index contributed by atoms with van der Waals surface area (Å²) in [6.45, 7) is 0. The summed E-state index contributed by atoms with van der Waals surface area (Å²) in [5.74, 6) is -1.21. The van der Waals surface area contributed by atoms with Crippen molar-refractivity contribution in [1.82, 2.24) is 24.5 Å². The van der Waals surface area contributed by atoms with Gasteiger partial charge in [-0.15, -0.1) is 0 Å². The van der Waals surface area contributed by atoms with Crippen molar-refractivity contribution in [2.24, 2.45) is 0 Å². The average molecular weight is 606 g/mol. The quantitative estimate of drug-likeness (QED) is 0.315. The molecular weight excluding hydrogens is 587 g/mol. The van der Waals surface area contributed by atoms with Crippen LogP contribution in [0.25, 0.3) is 5.69 Å². The molecule has 0 spiro atoms. The third-order valence-corrected chi connectivity index (χ3v) is 8.93. The molecule has 2 fully saturated rings. The summed E-state index contributed by atoms with van der Waals surface area (Å²) in [4.78, 5) is 28.7. The fraction of sp³-hybridized carbons (Fsp3) is 0.364. The van der Waals surface area contributed by atoms with E-state index in [4.69, 9.17) is 27.9 Å². The van der Waals surface area contributed by atoms with Crippen LogP contribution in [0.2, 0.25) is 10.0 Å². The highest BCUT2D eigenvalue weighted by molar-refractivity contribution is 7.89. The molecule has 3 aromatic rings. The number of nitrogens with one attached hydrogen (secondary N) is 2. The number of aromatic nitrogens is 4. The Morgan fingerprint density at radius 3 is 2.33 bits per heavy atom. The van der Waals surface area contributed by atoms with Gasteiger partial charge in [-0.2, -0.15) is 9.78 Å². The van der Waals surface area contributed by atoms with Gasteiger partial charge in [-0.1, -0.05) is 23.2 Å². The molecule has 208 valence electrons. The number of sulfonamides is 1. The van der Waals surface area contributed by atoms with Crippen LogP contribution in [0.15, 0.2) is 38.9 Å². The molecule has 0 amide bonds. The van der Waals surface area contributed by atoms with Gasteiger partial charge in [-0.3, -0.25) is 9.78 Å². The number of pyridine rings is 1. The van der Waals surface area contributed by atoms with Crippen LogP contribution in [0.5, 0.6) is 17.4 Å². The Kier molecular flexibility index (Phi) is 6.70. The minimum Gasteiger partial charge on any atom is -0.505 e. The topological polar surface area (TPSA) is 176 Å². The van der Waals surface area contributed by atoms with Gasteiger partial charge in [-0.25, -0.2) is 31.7 Å². The molecule has 39 heavy (non-hydrogen) atoms. The molecule has 2 heterocycles. The van der Waals surface area contributed by atoms with Crippen molar-refractivity contribution in [3.63, 3.8) is 0 Å². The number of ether oxygens (including phenoxy) is 1. The van der Waals surface area contributed by atoms with E-state index >= 15 is 0 Å². The van der Waals surface area contributed by atoms with Crippen LogP contribution in [0.1, 0.15) is 44.2 Å². The Morgan fingerprint density at radius 1 is 1.13 bits per heavy atom. The Morgan fingerprint density at radius 2 is 1.77 bits per heavy atom. The van der Waals surface area contributed by atoms with Gasteiger partial charge in [0.15, 0.2) is 17.2 Å². The second-order valence-corrected chi connectivity index (χ2v) is 11.9. The molecule has 2 aliphatic carbocycles. The summed E-state index contributed by atoms with van der Waals surface area (Å²) in [7, 11) is -4.28. The van der Waals surface area contributed by atoms with Crippen LogP contribution in [-0.4, -0.2) is 49.5 Å². The molecule has 17 heteroatoms. The number of hydrogen-bond acceptors (Lipinski definition) is 9. The molecule has 2 saturated carbocycles. The predicted molar refractivity (Wildman–Crippen MR) is 132 cm³/mol. The minimum atomic E-state index is -4.28. The van der Waals surface area contributed by atoms with Crippen molar-refractivity contribution in [1.29, 1.82) is 0 Å². The Labute approximate surface area is 228 Å². The molecule has 0 aliphatic heterocycles. The smallest absolute Gasteiger partial charge is 0.349 e. The highest BCUT2D eigenvalue weighted by atomic mass is 35.5. The SMILES string of the molecule is O=c1[nH]c(=O)n(-c2cc(Cl)c(Oc3cc(S(=O)(=O)NC45CCC(O)(CC4)C5)c(O)cn3)c(Cl)c2)nc1C(F)F. The maximum atomic E-state index is 13.2. The number of hydrogen-bond donors (Lipinski definition) is 4. The van der Waals surface area contributed by atoms with Gasteiger partial charge in [0.2, 0.25) is 15.9 Å². The molecule has 1 aromatic carbocycles. The molecule has 2 aliphatic rings. The van der Waals surface area contributed by atoms with Crippen molar-refractivity contribution in [2.75, 3.05) is 0 Å². The second kappa shape index (κ2) is 9.52. The van der Waals surface area contributed by atoms with E-state index in [1.807, 2.05) is 0 Å². The first kappa shape index (κ1) is 27.5. The van der Waals surface area contributed by atoms with E-state index in [1.165, 1.54) is 0 Å². The normalized spacial score (nSPS) is 22.5. The van der Waals surface area contributed by atoms with Gasteiger partial charge < -0.3 is 14.9 Å². The molecule has 4 N–H and O–H groups in total. The zero-order valence-corrected chi connectivity index (χ0v) is 21.9. The Bertz CT molecular complexity index is 1680. The summed E-state index contributed by atoms with van der Waals surface area (Å²) >= 11 is 12.5. The molecule has 2 bridgehead atoms. The van der Waals surface area contributed by atoms with Crippen LogP contribution in [0.3, 0.4) is 0 Å². The monoisotopic (exact) mass is 605 g/mol. The number of rotatable bonds is 7. The first-order chi connectivity index (χ1) is 18.2. The van der Waals surface area contributed by atoms with Gasteiger partial charge in [-0.05, 0) is 44.2 Å². The second-order valence-electron chi connectivity index (χ2n) is 9.47. The van der Waals surface area contributed by atoms with Crippen LogP contribution in [0, 0.1) is 0 Å². The third kappa shape index (κ3) is 5.12. The Hall–Kier alpha value is -3.11. The summed E-state index contributed by atoms with van der Waals surface area (Å²) in [6, 6.07) is 3.13. The van der Waals surface area contributed by atoms with Gasteiger partial charge in [0.05, 0.1) is 27.5 Å². The van der Waals surface area contributed by atoms with Gasteiger partial charge in [0.1, 0.15) is 4.90 Å². The highest BCUT2D eigenvalue weighted by Crippen LogP contribution is 2.51. The van der Waals surface area contributed by atoms with E-state index in [0.717, 1.165) is 24.4 Å². The fourth-order valence-corrected chi connectivity index (χ4v) is 7.03. The first-order valence-electron chi connectivity index (χ1n) is 11.4. The molecule has 5 rings (SSSR count). The minimum absolute atomic E-state index is 0.182. The van der Waals surface area contributed by atoms with Gasteiger partial charge >= 0.3 is 5.69 Å². The van der Waals surface area contributed by atoms with Crippen LogP contribution >= 0.6 is 23.2 Å². The van der Waals surface area contributed by atoms with Crippen molar-refractivity contribution in [3.8, 4) is 23.1 Å². The van der Waals surface area contributed by atoms with Crippen LogP contribution in [-0.2, 0) is 10.0 Å². The third-order valence-electron chi connectivity index (χ3n) is 6.76. The summed E-state index contributed by atoms with van der Waals surface area (Å²) in [6.07, 6.45) is -0.330. The first-order valence-corrected chi connectivity index (χ1v) is 13.6. The number of H-pyrrole nitrogens is 1. The number of fused-ring (bicyclic) bond motifs is 2. The van der Waals surface area contributed by atoms with Crippen LogP contribution in [0.4, 0.5) is 8.78 Å². The lowest BCUT2D eigenvalue weighted by atomic mass is 9.94. The maximum Gasteiger partial charge on any atom is 0.349 e. The number of aromatic amines is 1. The molecule has 0 saturated heterocycles. The van der Waals surface area contributed by atoms with E-state index in [2.05, 4.69) is 14.8 Å². The average Bonchev–Trinajstić information content (AvgIpc) is 3.34. The maximum absolute atomic E-state index is 13.2. The van der Waals surface area contributed by atoms with E-state index in [0.29, 0.717) is 30.4 Å². The number of aromatic hydroxyl groups is 1. The number of alkyl halides is 2. The van der Waals surface area contributed by atoms with E-state index < -0.39 is 55.2 Å². The lowest BCUT2D eigenvalue weighted by molar-refractivity contribution is 0.0521. The Balaban J connectivity index is 1.45. The van der Waals surface area contributed by atoms with E-state index in [9.17, 15) is 37.0 Å². The predicted octanol–water partition coefficient (Wildman–Crippen LogP) is 2.78. The number of benzene rings is 1. The summed E-state index contributed by atoms with van der Waals surface area (Å²) in [5, 5.41) is 23.6. The highest BCUT2D eigenvalue weighted by Gasteiger charge is 2.55. The molecule has 2 aromatic heterocycles. The number of nitrogens with zero attached hydrogens (tertiary/aromatic N) is 3. The zero-order valence-electron chi connectivity index (χ0n) is 19.6. The molecule has 12 nitrogen and oxygen atoms in total. The van der Waals surface area contributed by atoms with Crippen molar-refractivity contribution in [3.05, 3.63) is 61.0 Å². The largest absolute Gasteiger partial charge is 0.505 e. The van der Waals surface area contributed by atoms with Crippen molar-refractivity contribution in [2.45, 2.75) is 54.6 Å². The molecular formula is C22H19Cl2F2N5O7S.